The van der Waals surface area contributed by atoms with Crippen molar-refractivity contribution in [1.29, 1.82) is 0 Å². The van der Waals surface area contributed by atoms with E-state index >= 15 is 0 Å². The van der Waals surface area contributed by atoms with Gasteiger partial charge in [0.05, 0.1) is 19.8 Å². The van der Waals surface area contributed by atoms with Crippen LogP contribution >= 0.6 is 0 Å². The minimum Gasteiger partial charge on any atom is -0.395 e. The van der Waals surface area contributed by atoms with Crippen molar-refractivity contribution in [1.82, 2.24) is 20.0 Å². The predicted octanol–water partition coefficient (Wildman–Crippen LogP) is 0.614. The highest BCUT2D eigenvalue weighted by atomic mass is 16.5. The molecule has 1 aliphatic heterocycles. The summed E-state index contributed by atoms with van der Waals surface area (Å²) in [5.74, 6) is -0.289. The van der Waals surface area contributed by atoms with Gasteiger partial charge in [-0.1, -0.05) is 26.3 Å². The van der Waals surface area contributed by atoms with Crippen LogP contribution in [0, 0.1) is 0 Å². The van der Waals surface area contributed by atoms with Crippen molar-refractivity contribution in [3.63, 3.8) is 0 Å². The maximum absolute atomic E-state index is 10.9. The zero-order valence-electron chi connectivity index (χ0n) is 21.1. The van der Waals surface area contributed by atoms with E-state index in [1.54, 1.807) is 23.9 Å². The summed E-state index contributed by atoms with van der Waals surface area (Å²) in [7, 11) is 3.37. The molecule has 0 spiro atoms. The van der Waals surface area contributed by atoms with Crippen LogP contribution in [0.3, 0.4) is 0 Å². The molecule has 0 bridgehead atoms. The van der Waals surface area contributed by atoms with Gasteiger partial charge in [-0.25, -0.2) is 0 Å². The van der Waals surface area contributed by atoms with Crippen molar-refractivity contribution in [2.75, 3.05) is 66.6 Å². The van der Waals surface area contributed by atoms with Gasteiger partial charge in [-0.3, -0.25) is 19.2 Å². The van der Waals surface area contributed by atoms with Crippen LogP contribution in [0.4, 0.5) is 0 Å². The van der Waals surface area contributed by atoms with E-state index in [0.29, 0.717) is 32.8 Å². The molecule has 0 aromatic heterocycles. The van der Waals surface area contributed by atoms with E-state index < -0.39 is 0 Å². The minimum atomic E-state index is -0.251. The van der Waals surface area contributed by atoms with E-state index in [0.717, 1.165) is 19.2 Å². The van der Waals surface area contributed by atoms with Gasteiger partial charge in [0.15, 0.2) is 0 Å². The third-order valence-electron chi connectivity index (χ3n) is 3.96. The number of morpholine rings is 1. The largest absolute Gasteiger partial charge is 0.395 e. The molecule has 0 atom stereocenters. The topological polar surface area (TPSA) is 119 Å². The Morgan fingerprint density at radius 1 is 0.912 bits per heavy atom. The summed E-state index contributed by atoms with van der Waals surface area (Å²) in [6.07, 6.45) is 5.12. The Morgan fingerprint density at radius 2 is 1.41 bits per heavy atom. The molecule has 0 saturated carbocycles. The molecule has 1 fully saturated rings. The molecule has 194 valence electrons. The Hall–Kier alpha value is -3.24. The van der Waals surface area contributed by atoms with Gasteiger partial charge in [-0.05, 0) is 38.2 Å². The van der Waals surface area contributed by atoms with Crippen molar-refractivity contribution in [2.24, 2.45) is 0 Å². The highest BCUT2D eigenvalue weighted by Crippen LogP contribution is 1.96. The average molecular weight is 483 g/mol. The Morgan fingerprint density at radius 3 is 1.68 bits per heavy atom. The summed E-state index contributed by atoms with van der Waals surface area (Å²) < 4.78 is 5.07. The summed E-state index contributed by atoms with van der Waals surface area (Å²) in [6, 6.07) is 0. The van der Waals surface area contributed by atoms with Gasteiger partial charge in [-0.15, -0.1) is 0 Å². The highest BCUT2D eigenvalue weighted by molar-refractivity contribution is 5.87. The third-order valence-corrected chi connectivity index (χ3v) is 3.96. The summed E-state index contributed by atoms with van der Waals surface area (Å²) in [4.78, 5) is 47.2. The number of hydrogen-bond acceptors (Lipinski definition) is 6. The van der Waals surface area contributed by atoms with Crippen LogP contribution in [0.15, 0.2) is 50.6 Å². The molecule has 4 amide bonds. The first kappa shape index (κ1) is 35.4. The number of amides is 4. The number of likely N-dealkylation sites (N-methyl/N-ethyl adjacent to an activating group) is 2. The Balaban J connectivity index is -0.000000381. The lowest BCUT2D eigenvalue weighted by Gasteiger charge is -2.25. The molecular weight excluding hydrogens is 440 g/mol. The quantitative estimate of drug-likeness (QED) is 0.490. The van der Waals surface area contributed by atoms with Gasteiger partial charge in [0.1, 0.15) is 0 Å². The molecule has 1 heterocycles. The molecule has 0 aromatic rings. The second-order valence-corrected chi connectivity index (χ2v) is 6.51. The summed E-state index contributed by atoms with van der Waals surface area (Å²) in [5, 5.41) is 10.5. The second kappa shape index (κ2) is 24.4. The Labute approximate surface area is 204 Å². The van der Waals surface area contributed by atoms with Crippen molar-refractivity contribution in [3.8, 4) is 0 Å². The second-order valence-electron chi connectivity index (χ2n) is 6.51. The molecule has 2 N–H and O–H groups in total. The summed E-state index contributed by atoms with van der Waals surface area (Å²) >= 11 is 0. The lowest BCUT2D eigenvalue weighted by Crippen LogP contribution is -2.39. The number of hydrogen-bond donors (Lipinski definition) is 2. The van der Waals surface area contributed by atoms with Crippen LogP contribution in [0.25, 0.3) is 0 Å². The molecule has 1 aliphatic rings. The lowest BCUT2D eigenvalue weighted by molar-refractivity contribution is -0.130. The van der Waals surface area contributed by atoms with Crippen LogP contribution < -0.4 is 5.32 Å². The first-order valence-corrected chi connectivity index (χ1v) is 10.8. The number of aliphatic hydroxyl groups excluding tert-OH is 1. The van der Waals surface area contributed by atoms with E-state index in [1.165, 1.54) is 23.1 Å². The van der Waals surface area contributed by atoms with Crippen molar-refractivity contribution in [3.05, 3.63) is 50.6 Å². The SMILES string of the molecule is C=CC(=O)N(C)C.C=CC(=O)N(CC)CC.C=CC(=O)N1CCOCC1.C=CC(=O)NCCO. The van der Waals surface area contributed by atoms with Crippen molar-refractivity contribution >= 4 is 23.6 Å². The Bertz CT molecular complexity index is 639. The number of nitrogens with one attached hydrogen (secondary N) is 1. The van der Waals surface area contributed by atoms with E-state index in [-0.39, 0.29) is 30.2 Å². The predicted molar refractivity (Wildman–Crippen MR) is 135 cm³/mol. The Kier molecular flexibility index (Phi) is 25.4. The zero-order chi connectivity index (χ0) is 26.9. The number of carbonyl (C=O) groups excluding carboxylic acids is 4. The first-order valence-electron chi connectivity index (χ1n) is 10.8. The van der Waals surface area contributed by atoms with Crippen molar-refractivity contribution < 1.29 is 29.0 Å². The number of ether oxygens (including phenoxy) is 1. The maximum Gasteiger partial charge on any atom is 0.246 e. The molecule has 1 saturated heterocycles. The fourth-order valence-electron chi connectivity index (χ4n) is 2.01. The van der Waals surface area contributed by atoms with Crippen LogP contribution in [0.2, 0.25) is 0 Å². The zero-order valence-corrected chi connectivity index (χ0v) is 21.1. The summed E-state index contributed by atoms with van der Waals surface area (Å²) in [6.45, 7) is 21.7. The minimum absolute atomic E-state index is 0.00306. The fraction of sp³-hybridized carbons (Fsp3) is 0.500. The van der Waals surface area contributed by atoms with Gasteiger partial charge in [0.25, 0.3) is 0 Å². The van der Waals surface area contributed by atoms with Gasteiger partial charge in [0, 0.05) is 46.8 Å². The molecule has 0 radical (unpaired) electrons. The van der Waals surface area contributed by atoms with Gasteiger partial charge in [-0.2, -0.15) is 0 Å². The lowest BCUT2D eigenvalue weighted by atomic mass is 10.4. The molecule has 34 heavy (non-hydrogen) atoms. The van der Waals surface area contributed by atoms with Gasteiger partial charge >= 0.3 is 0 Å². The molecular formula is C24H42N4O6. The normalized spacial score (nSPS) is 11.3. The van der Waals surface area contributed by atoms with E-state index in [4.69, 9.17) is 9.84 Å². The van der Waals surface area contributed by atoms with E-state index in [2.05, 4.69) is 31.6 Å². The van der Waals surface area contributed by atoms with E-state index in [9.17, 15) is 19.2 Å². The number of rotatable bonds is 8. The molecule has 10 heteroatoms. The molecule has 0 aliphatic carbocycles. The van der Waals surface area contributed by atoms with Gasteiger partial charge < -0.3 is 29.9 Å². The molecule has 1 rings (SSSR count). The van der Waals surface area contributed by atoms with Crippen LogP contribution in [-0.2, 0) is 23.9 Å². The smallest absolute Gasteiger partial charge is 0.246 e. The first-order chi connectivity index (χ1) is 16.1. The van der Waals surface area contributed by atoms with Crippen LogP contribution in [-0.4, -0.2) is 110 Å². The molecule has 10 nitrogen and oxygen atoms in total. The number of nitrogens with zero attached hydrogens (tertiary/aromatic N) is 3. The number of carbonyl (C=O) groups is 4. The van der Waals surface area contributed by atoms with Crippen molar-refractivity contribution in [2.45, 2.75) is 13.8 Å². The van der Waals surface area contributed by atoms with Gasteiger partial charge in [0.2, 0.25) is 23.6 Å². The third kappa shape index (κ3) is 20.7. The fourth-order valence-corrected chi connectivity index (χ4v) is 2.01. The van der Waals surface area contributed by atoms with Crippen LogP contribution in [0.1, 0.15) is 13.8 Å². The molecule has 0 aromatic carbocycles. The molecule has 0 unspecified atom stereocenters. The van der Waals surface area contributed by atoms with E-state index in [1.807, 2.05) is 13.8 Å². The van der Waals surface area contributed by atoms with Crippen LogP contribution in [0.5, 0.6) is 0 Å². The maximum atomic E-state index is 10.9. The monoisotopic (exact) mass is 482 g/mol. The summed E-state index contributed by atoms with van der Waals surface area (Å²) in [5.41, 5.74) is 0. The highest BCUT2D eigenvalue weighted by Gasteiger charge is 2.12. The standard InChI is InChI=1S/C7H11NO2.C7H13NO.C5H9NO2.C5H9NO/c1-2-7(9)8-3-5-10-6-4-8;1-4-7(9)8(5-2)6-3;1-2-5(8)6-3-4-7;1-4-5(7)6(2)3/h2H,1,3-6H2;4H,1,5-6H2,2-3H3;2,7H,1,3-4H2,(H,6,8);4H,1H2,2-3H3. The number of aliphatic hydroxyl groups is 1. The average Bonchev–Trinajstić information content (AvgIpc) is 2.88.